The molecule has 1 aromatic heterocycles. The second kappa shape index (κ2) is 17.8. The van der Waals surface area contributed by atoms with Crippen molar-refractivity contribution in [1.82, 2.24) is 4.57 Å². The Balaban J connectivity index is 1.02. The van der Waals surface area contributed by atoms with Crippen molar-refractivity contribution in [2.45, 2.75) is 39.0 Å². The Bertz CT molecular complexity index is 3260. The zero-order valence-corrected chi connectivity index (χ0v) is 36.9. The SMILES string of the molecule is C[C@H]1C=CC(c2ccc(N(C3=CC=C(c4ccc5c(c4)c4ccccc4n5-c4ccccc4)CC3)c3ccc(-c4ccccc4)cc3)cc2Cc2ccccc2)=C(Cc2ccccc2)C1. The topological polar surface area (TPSA) is 8.17 Å². The van der Waals surface area contributed by atoms with E-state index in [4.69, 9.17) is 0 Å². The Labute approximate surface area is 383 Å². The summed E-state index contributed by atoms with van der Waals surface area (Å²) >= 11 is 0. The summed E-state index contributed by atoms with van der Waals surface area (Å²) in [6.07, 6.45) is 14.3. The van der Waals surface area contributed by atoms with E-state index >= 15 is 0 Å². The van der Waals surface area contributed by atoms with E-state index < -0.39 is 0 Å². The van der Waals surface area contributed by atoms with Gasteiger partial charge in [0.05, 0.1) is 11.0 Å². The number of para-hydroxylation sites is 2. The Morgan fingerprint density at radius 2 is 1.12 bits per heavy atom. The predicted octanol–water partition coefficient (Wildman–Crippen LogP) is 16.5. The fourth-order valence-electron chi connectivity index (χ4n) is 10.2. The summed E-state index contributed by atoms with van der Waals surface area (Å²) < 4.78 is 2.39. The van der Waals surface area contributed by atoms with Gasteiger partial charge in [-0.25, -0.2) is 0 Å². The highest BCUT2D eigenvalue weighted by molar-refractivity contribution is 6.10. The third-order valence-electron chi connectivity index (χ3n) is 13.4. The molecule has 0 amide bonds. The largest absolute Gasteiger partial charge is 0.314 e. The minimum atomic E-state index is 0.511. The quantitative estimate of drug-likeness (QED) is 0.126. The van der Waals surface area contributed by atoms with Crippen LogP contribution >= 0.6 is 0 Å². The van der Waals surface area contributed by atoms with Crippen molar-refractivity contribution in [2.24, 2.45) is 5.92 Å². The van der Waals surface area contributed by atoms with Crippen molar-refractivity contribution in [2.75, 3.05) is 4.90 Å². The summed E-state index contributed by atoms with van der Waals surface area (Å²) in [6, 6.07) is 75.6. The first-order valence-corrected chi connectivity index (χ1v) is 23.2. The van der Waals surface area contributed by atoms with Gasteiger partial charge in [-0.3, -0.25) is 0 Å². The average Bonchev–Trinajstić information content (AvgIpc) is 3.70. The number of aromatic nitrogens is 1. The van der Waals surface area contributed by atoms with E-state index in [1.165, 1.54) is 94.5 Å². The third-order valence-corrected chi connectivity index (χ3v) is 13.4. The molecule has 1 atom stereocenters. The number of rotatable bonds is 11. The van der Waals surface area contributed by atoms with Crippen molar-refractivity contribution < 1.29 is 0 Å². The van der Waals surface area contributed by atoms with E-state index in [2.05, 4.69) is 247 Å². The van der Waals surface area contributed by atoms with Gasteiger partial charge >= 0.3 is 0 Å². The molecule has 1 heterocycles. The normalized spacial score (nSPS) is 15.0. The molecule has 2 heteroatoms. The molecule has 0 N–H and O–H groups in total. The molecule has 2 aliphatic rings. The van der Waals surface area contributed by atoms with E-state index in [0.717, 1.165) is 37.8 Å². The van der Waals surface area contributed by atoms with Gasteiger partial charge in [0.15, 0.2) is 0 Å². The Kier molecular flexibility index (Phi) is 11.0. The Morgan fingerprint density at radius 1 is 0.508 bits per heavy atom. The lowest BCUT2D eigenvalue weighted by Gasteiger charge is -2.31. The molecule has 0 saturated heterocycles. The molecule has 0 fully saturated rings. The molecule has 2 nitrogen and oxygen atoms in total. The second-order valence-corrected chi connectivity index (χ2v) is 17.7. The molecule has 2 aliphatic carbocycles. The Hall–Kier alpha value is -7.68. The summed E-state index contributed by atoms with van der Waals surface area (Å²) in [5.74, 6) is 0.511. The summed E-state index contributed by atoms with van der Waals surface area (Å²) in [5, 5.41) is 2.56. The van der Waals surface area contributed by atoms with Gasteiger partial charge in [0.25, 0.3) is 0 Å². The number of nitrogens with zero attached hydrogens (tertiary/aromatic N) is 2. The molecule has 65 heavy (non-hydrogen) atoms. The van der Waals surface area contributed by atoms with Gasteiger partial charge in [-0.15, -0.1) is 0 Å². The molecule has 314 valence electrons. The molecule has 11 rings (SSSR count). The van der Waals surface area contributed by atoms with Gasteiger partial charge in [-0.2, -0.15) is 0 Å². The van der Waals surface area contributed by atoms with Gasteiger partial charge in [0, 0.05) is 33.5 Å². The number of hydrogen-bond acceptors (Lipinski definition) is 1. The predicted molar refractivity (Wildman–Crippen MR) is 276 cm³/mol. The molecule has 0 saturated carbocycles. The van der Waals surface area contributed by atoms with Crippen molar-refractivity contribution >= 4 is 44.3 Å². The van der Waals surface area contributed by atoms with Crippen LogP contribution in [0.5, 0.6) is 0 Å². The minimum Gasteiger partial charge on any atom is -0.314 e. The lowest BCUT2D eigenvalue weighted by Crippen LogP contribution is -2.18. The fourth-order valence-corrected chi connectivity index (χ4v) is 10.2. The molecule has 9 aromatic rings. The maximum atomic E-state index is 2.51. The van der Waals surface area contributed by atoms with Crippen LogP contribution in [0.4, 0.5) is 11.4 Å². The first kappa shape index (κ1) is 40.1. The van der Waals surface area contributed by atoms with E-state index in [-0.39, 0.29) is 0 Å². The molecular weight excluding hydrogens is 785 g/mol. The third kappa shape index (κ3) is 8.20. The lowest BCUT2D eigenvalue weighted by atomic mass is 9.82. The van der Waals surface area contributed by atoms with Crippen molar-refractivity contribution in [3.05, 3.63) is 270 Å². The van der Waals surface area contributed by atoms with Crippen LogP contribution in [0.3, 0.4) is 0 Å². The molecule has 0 radical (unpaired) electrons. The van der Waals surface area contributed by atoms with Gasteiger partial charge in [0.1, 0.15) is 0 Å². The van der Waals surface area contributed by atoms with Crippen LogP contribution in [-0.4, -0.2) is 4.57 Å². The molecular formula is C63H52N2. The molecule has 0 spiro atoms. The molecule has 8 aromatic carbocycles. The summed E-state index contributed by atoms with van der Waals surface area (Å²) in [7, 11) is 0. The highest BCUT2D eigenvalue weighted by Gasteiger charge is 2.23. The highest BCUT2D eigenvalue weighted by atomic mass is 15.1. The van der Waals surface area contributed by atoms with Crippen molar-refractivity contribution in [3.8, 4) is 16.8 Å². The number of fused-ring (bicyclic) bond motifs is 3. The summed E-state index contributed by atoms with van der Waals surface area (Å²) in [4.78, 5) is 2.51. The van der Waals surface area contributed by atoms with Crippen molar-refractivity contribution in [1.29, 1.82) is 0 Å². The number of allylic oxidation sites excluding steroid dienone is 8. The van der Waals surface area contributed by atoms with Crippen LogP contribution in [0.25, 0.3) is 49.8 Å². The minimum absolute atomic E-state index is 0.511. The summed E-state index contributed by atoms with van der Waals surface area (Å²) in [6.45, 7) is 2.34. The number of hydrogen-bond donors (Lipinski definition) is 0. The van der Waals surface area contributed by atoms with Crippen LogP contribution in [-0.2, 0) is 12.8 Å². The second-order valence-electron chi connectivity index (χ2n) is 17.7. The van der Waals surface area contributed by atoms with Gasteiger partial charge in [-0.1, -0.05) is 182 Å². The van der Waals surface area contributed by atoms with Gasteiger partial charge in [-0.05, 0) is 149 Å². The van der Waals surface area contributed by atoms with Crippen LogP contribution in [0.1, 0.15) is 54.0 Å². The van der Waals surface area contributed by atoms with Crippen LogP contribution in [0.2, 0.25) is 0 Å². The van der Waals surface area contributed by atoms with Crippen molar-refractivity contribution in [3.63, 3.8) is 0 Å². The van der Waals surface area contributed by atoms with E-state index in [1.54, 1.807) is 0 Å². The summed E-state index contributed by atoms with van der Waals surface area (Å²) in [5.41, 5.74) is 20.6. The first-order chi connectivity index (χ1) is 32.1. The van der Waals surface area contributed by atoms with E-state index in [9.17, 15) is 0 Å². The highest BCUT2D eigenvalue weighted by Crippen LogP contribution is 2.42. The van der Waals surface area contributed by atoms with E-state index in [1.807, 2.05) is 0 Å². The van der Waals surface area contributed by atoms with Crippen LogP contribution in [0.15, 0.2) is 242 Å². The fraction of sp³-hybridized carbons (Fsp3) is 0.111. The Morgan fingerprint density at radius 3 is 1.85 bits per heavy atom. The molecule has 0 unspecified atom stereocenters. The van der Waals surface area contributed by atoms with Gasteiger partial charge < -0.3 is 9.47 Å². The molecule has 0 bridgehead atoms. The monoisotopic (exact) mass is 836 g/mol. The average molecular weight is 837 g/mol. The van der Waals surface area contributed by atoms with Crippen LogP contribution < -0.4 is 4.90 Å². The van der Waals surface area contributed by atoms with Crippen LogP contribution in [0, 0.1) is 5.92 Å². The lowest BCUT2D eigenvalue weighted by molar-refractivity contribution is 0.697. The van der Waals surface area contributed by atoms with E-state index in [0.29, 0.717) is 5.92 Å². The molecule has 0 aliphatic heterocycles. The first-order valence-electron chi connectivity index (χ1n) is 23.2. The smallest absolute Gasteiger partial charge is 0.0541 e. The standard InChI is InChI=1S/C63H52N2/c1-45-26-37-58(52(40-45)41-46-16-6-2-7-17-46)59-38-36-57(43-53(59)42-47-18-8-3-9-19-47)64(55-32-27-49(28-33-55)48-20-10-4-11-21-48)56-34-29-50(30-35-56)51-31-39-63-61(44-51)60-24-14-15-25-62(60)65(63)54-22-12-5-13-23-54/h2-29,31-34,36-39,43-45H,30,35,40-42H2,1H3/t45-/m0/s1. The maximum absolute atomic E-state index is 2.51. The maximum Gasteiger partial charge on any atom is 0.0541 e. The zero-order chi connectivity index (χ0) is 43.5. The zero-order valence-electron chi connectivity index (χ0n) is 36.9. The number of benzene rings is 8. The number of anilines is 2. The van der Waals surface area contributed by atoms with Gasteiger partial charge in [0.2, 0.25) is 0 Å².